The van der Waals surface area contributed by atoms with Gasteiger partial charge in [0.1, 0.15) is 0 Å². The van der Waals surface area contributed by atoms with Crippen molar-refractivity contribution in [2.45, 2.75) is 19.9 Å². The van der Waals surface area contributed by atoms with Crippen molar-refractivity contribution >= 4 is 11.6 Å². The summed E-state index contributed by atoms with van der Waals surface area (Å²) in [6, 6.07) is 10.8. The Labute approximate surface area is 112 Å². The van der Waals surface area contributed by atoms with Gasteiger partial charge in [0.2, 0.25) is 0 Å². The molecular weight excluding hydrogens is 238 g/mol. The first kappa shape index (κ1) is 13.1. The first-order chi connectivity index (χ1) is 9.08. The van der Waals surface area contributed by atoms with Gasteiger partial charge in [-0.3, -0.25) is 9.78 Å². The molecule has 0 unspecified atom stereocenters. The molecule has 2 rings (SSSR count). The quantitative estimate of drug-likeness (QED) is 0.828. The van der Waals surface area contributed by atoms with Crippen molar-refractivity contribution in [1.29, 1.82) is 0 Å². The third kappa shape index (κ3) is 3.10. The molecule has 0 bridgehead atoms. The molecule has 98 valence electrons. The molecule has 2 aromatic rings. The van der Waals surface area contributed by atoms with Crippen LogP contribution in [0.5, 0.6) is 0 Å². The highest BCUT2D eigenvalue weighted by molar-refractivity contribution is 5.95. The summed E-state index contributed by atoms with van der Waals surface area (Å²) in [7, 11) is 0. The maximum Gasteiger partial charge on any atom is 0.251 e. The predicted octanol–water partition coefficient (Wildman–Crippen LogP) is 2.46. The highest BCUT2D eigenvalue weighted by Crippen LogP contribution is 2.14. The van der Waals surface area contributed by atoms with Crippen molar-refractivity contribution in [3.05, 3.63) is 59.4 Å². The first-order valence-electron chi connectivity index (χ1n) is 6.16. The number of nitrogen functional groups attached to an aromatic ring is 1. The van der Waals surface area contributed by atoms with Gasteiger partial charge in [0.25, 0.3) is 5.91 Å². The van der Waals surface area contributed by atoms with Crippen LogP contribution in [0.1, 0.15) is 34.6 Å². The van der Waals surface area contributed by atoms with Crippen molar-refractivity contribution in [2.24, 2.45) is 0 Å². The van der Waals surface area contributed by atoms with E-state index in [2.05, 4.69) is 10.3 Å². The van der Waals surface area contributed by atoms with E-state index in [1.165, 1.54) is 0 Å². The number of nitrogens with one attached hydrogen (secondary N) is 1. The minimum atomic E-state index is -0.133. The molecule has 0 saturated carbocycles. The van der Waals surface area contributed by atoms with Gasteiger partial charge >= 0.3 is 0 Å². The Balaban J connectivity index is 2.11. The monoisotopic (exact) mass is 255 g/mol. The van der Waals surface area contributed by atoms with Gasteiger partial charge in [-0.15, -0.1) is 0 Å². The molecule has 0 spiro atoms. The number of amides is 1. The number of pyridine rings is 1. The molecule has 4 heteroatoms. The van der Waals surface area contributed by atoms with Gasteiger partial charge < -0.3 is 11.1 Å². The molecule has 1 atom stereocenters. The van der Waals surface area contributed by atoms with Gasteiger partial charge in [0, 0.05) is 17.4 Å². The first-order valence-corrected chi connectivity index (χ1v) is 6.16. The van der Waals surface area contributed by atoms with E-state index >= 15 is 0 Å². The number of nitrogens with two attached hydrogens (primary N) is 1. The second kappa shape index (κ2) is 5.52. The normalized spacial score (nSPS) is 11.9. The SMILES string of the molecule is Cc1cc(C(=O)N[C@H](C)c2ccccn2)ccc1N. The number of carbonyl (C=O) groups is 1. The fourth-order valence-corrected chi connectivity index (χ4v) is 1.80. The molecule has 19 heavy (non-hydrogen) atoms. The fraction of sp³-hybridized carbons (Fsp3) is 0.200. The molecular formula is C15H17N3O. The molecule has 0 aliphatic carbocycles. The molecule has 0 fully saturated rings. The van der Waals surface area contributed by atoms with Gasteiger partial charge in [-0.1, -0.05) is 6.07 Å². The molecule has 1 aromatic carbocycles. The third-order valence-corrected chi connectivity index (χ3v) is 3.01. The predicted molar refractivity (Wildman–Crippen MR) is 75.7 cm³/mol. The fourth-order valence-electron chi connectivity index (χ4n) is 1.80. The van der Waals surface area contributed by atoms with E-state index in [-0.39, 0.29) is 11.9 Å². The smallest absolute Gasteiger partial charge is 0.251 e. The van der Waals surface area contributed by atoms with Gasteiger partial charge in [-0.25, -0.2) is 0 Å². The molecule has 1 heterocycles. The molecule has 0 saturated heterocycles. The summed E-state index contributed by atoms with van der Waals surface area (Å²) in [4.78, 5) is 16.3. The standard InChI is InChI=1S/C15H17N3O/c1-10-9-12(6-7-13(10)16)15(19)18-11(2)14-5-3-4-8-17-14/h3-9,11H,16H2,1-2H3,(H,18,19)/t11-/m1/s1. The summed E-state index contributed by atoms with van der Waals surface area (Å²) in [5.41, 5.74) is 8.77. The number of hydrogen-bond donors (Lipinski definition) is 2. The van der Waals surface area contributed by atoms with Gasteiger partial charge in [0.15, 0.2) is 0 Å². The van der Waals surface area contributed by atoms with E-state index in [9.17, 15) is 4.79 Å². The zero-order valence-corrected chi connectivity index (χ0v) is 11.1. The Bertz CT molecular complexity index is 581. The maximum absolute atomic E-state index is 12.1. The lowest BCUT2D eigenvalue weighted by atomic mass is 10.1. The molecule has 3 N–H and O–H groups in total. The van der Waals surface area contributed by atoms with Gasteiger partial charge in [0.05, 0.1) is 11.7 Å². The van der Waals surface area contributed by atoms with Crippen LogP contribution in [-0.4, -0.2) is 10.9 Å². The minimum Gasteiger partial charge on any atom is -0.399 e. The van der Waals surface area contributed by atoms with E-state index in [0.29, 0.717) is 11.3 Å². The molecule has 0 aliphatic heterocycles. The van der Waals surface area contributed by atoms with Crippen molar-refractivity contribution in [2.75, 3.05) is 5.73 Å². The maximum atomic E-state index is 12.1. The summed E-state index contributed by atoms with van der Waals surface area (Å²) in [5.74, 6) is -0.124. The van der Waals surface area contributed by atoms with E-state index in [1.807, 2.05) is 32.0 Å². The molecule has 1 amide bonds. The second-order valence-electron chi connectivity index (χ2n) is 4.52. The topological polar surface area (TPSA) is 68.0 Å². The minimum absolute atomic E-state index is 0.124. The van der Waals surface area contributed by atoms with Crippen LogP contribution >= 0.6 is 0 Å². The molecule has 4 nitrogen and oxygen atoms in total. The number of aromatic nitrogens is 1. The van der Waals surface area contributed by atoms with Crippen LogP contribution in [-0.2, 0) is 0 Å². The third-order valence-electron chi connectivity index (χ3n) is 3.01. The van der Waals surface area contributed by atoms with Crippen LogP contribution in [0.4, 0.5) is 5.69 Å². The van der Waals surface area contributed by atoms with E-state index < -0.39 is 0 Å². The lowest BCUT2D eigenvalue weighted by Crippen LogP contribution is -2.27. The average molecular weight is 255 g/mol. The van der Waals surface area contributed by atoms with E-state index in [4.69, 9.17) is 5.73 Å². The number of hydrogen-bond acceptors (Lipinski definition) is 3. The van der Waals surface area contributed by atoms with E-state index in [1.54, 1.807) is 24.4 Å². The van der Waals surface area contributed by atoms with Crippen LogP contribution < -0.4 is 11.1 Å². The van der Waals surface area contributed by atoms with Crippen LogP contribution in [0, 0.1) is 6.92 Å². The van der Waals surface area contributed by atoms with Crippen LogP contribution in [0.3, 0.4) is 0 Å². The number of anilines is 1. The molecule has 0 radical (unpaired) electrons. The zero-order chi connectivity index (χ0) is 13.8. The van der Waals surface area contributed by atoms with Crippen LogP contribution in [0.15, 0.2) is 42.6 Å². The Morgan fingerprint density at radius 2 is 2.11 bits per heavy atom. The number of aryl methyl sites for hydroxylation is 1. The number of carbonyl (C=O) groups excluding carboxylic acids is 1. The Kier molecular flexibility index (Phi) is 3.80. The Morgan fingerprint density at radius 3 is 2.74 bits per heavy atom. The largest absolute Gasteiger partial charge is 0.399 e. The summed E-state index contributed by atoms with van der Waals surface area (Å²) in [5, 5.41) is 2.92. The summed E-state index contributed by atoms with van der Waals surface area (Å²) < 4.78 is 0. The summed E-state index contributed by atoms with van der Waals surface area (Å²) in [6.45, 7) is 3.79. The van der Waals surface area contributed by atoms with Crippen LogP contribution in [0.25, 0.3) is 0 Å². The zero-order valence-electron chi connectivity index (χ0n) is 11.1. The lowest BCUT2D eigenvalue weighted by molar-refractivity contribution is 0.0939. The number of rotatable bonds is 3. The Hall–Kier alpha value is -2.36. The molecule has 1 aromatic heterocycles. The number of nitrogens with zero attached hydrogens (tertiary/aromatic N) is 1. The lowest BCUT2D eigenvalue weighted by Gasteiger charge is -2.13. The summed E-state index contributed by atoms with van der Waals surface area (Å²) in [6.07, 6.45) is 1.71. The van der Waals surface area contributed by atoms with Gasteiger partial charge in [-0.2, -0.15) is 0 Å². The summed E-state index contributed by atoms with van der Waals surface area (Å²) >= 11 is 0. The second-order valence-corrected chi connectivity index (χ2v) is 4.52. The highest BCUT2D eigenvalue weighted by Gasteiger charge is 2.12. The number of benzene rings is 1. The van der Waals surface area contributed by atoms with E-state index in [0.717, 1.165) is 11.3 Å². The van der Waals surface area contributed by atoms with Crippen molar-refractivity contribution in [3.63, 3.8) is 0 Å². The Morgan fingerprint density at radius 1 is 1.32 bits per heavy atom. The van der Waals surface area contributed by atoms with Gasteiger partial charge in [-0.05, 0) is 49.7 Å². The van der Waals surface area contributed by atoms with Crippen molar-refractivity contribution in [3.8, 4) is 0 Å². The highest BCUT2D eigenvalue weighted by atomic mass is 16.1. The van der Waals surface area contributed by atoms with Crippen molar-refractivity contribution in [1.82, 2.24) is 10.3 Å². The molecule has 0 aliphatic rings. The van der Waals surface area contributed by atoms with Crippen molar-refractivity contribution < 1.29 is 4.79 Å². The van der Waals surface area contributed by atoms with Crippen LogP contribution in [0.2, 0.25) is 0 Å². The average Bonchev–Trinajstić information content (AvgIpc) is 2.42.